The van der Waals surface area contributed by atoms with Crippen LogP contribution in [0.5, 0.6) is 0 Å². The van der Waals surface area contributed by atoms with Gasteiger partial charge in [-0.15, -0.1) is 0 Å². The van der Waals surface area contributed by atoms with Crippen LogP contribution in [0.15, 0.2) is 328 Å². The van der Waals surface area contributed by atoms with Crippen LogP contribution in [-0.2, 0) is 5.41 Å². The summed E-state index contributed by atoms with van der Waals surface area (Å²) in [4.78, 5) is 11.6. The first-order valence-electron chi connectivity index (χ1n) is 34.2. The van der Waals surface area contributed by atoms with Gasteiger partial charge in [0.15, 0.2) is 5.82 Å². The van der Waals surface area contributed by atoms with E-state index < -0.39 is 0 Å². The molecule has 462 valence electrons. The van der Waals surface area contributed by atoms with Gasteiger partial charge in [0, 0.05) is 93.2 Å². The van der Waals surface area contributed by atoms with Crippen LogP contribution in [0.4, 0.5) is 0 Å². The lowest BCUT2D eigenvalue weighted by molar-refractivity contribution is 0.660. The number of benzene rings is 15. The highest BCUT2D eigenvalue weighted by molar-refractivity contribution is 6.16. The van der Waals surface area contributed by atoms with Crippen molar-refractivity contribution in [2.24, 2.45) is 0 Å². The Morgan fingerprint density at radius 1 is 0.232 bits per heavy atom. The summed E-state index contributed by atoms with van der Waals surface area (Å²) in [6.07, 6.45) is 0. The summed E-state index contributed by atoms with van der Waals surface area (Å²) >= 11 is 0. The van der Waals surface area contributed by atoms with Crippen molar-refractivity contribution < 1.29 is 0 Å². The molecule has 0 fully saturated rings. The van der Waals surface area contributed by atoms with E-state index in [4.69, 9.17) is 9.97 Å². The molecule has 20 aromatic rings. The predicted molar refractivity (Wildman–Crippen MR) is 414 cm³/mol. The number of rotatable bonds is 8. The maximum absolute atomic E-state index is 5.84. The molecule has 0 saturated heterocycles. The smallest absolute Gasteiger partial charge is 0.160 e. The lowest BCUT2D eigenvalue weighted by Crippen LogP contribution is -2.14. The molecule has 0 atom stereocenters. The fraction of sp³-hybridized carbons (Fsp3) is 0.0323. The lowest BCUT2D eigenvalue weighted by atomic mass is 9.82. The fourth-order valence-corrected chi connectivity index (χ4v) is 16.9. The molecule has 0 radical (unpaired) electrons. The summed E-state index contributed by atoms with van der Waals surface area (Å²) in [5.41, 5.74) is 27.0. The van der Waals surface area contributed by atoms with E-state index in [1.807, 2.05) is 0 Å². The first-order chi connectivity index (χ1) is 48.8. The molecular weight excluding hydrogens is 1200 g/mol. The average Bonchev–Trinajstić information content (AvgIpc) is 1.65. The summed E-state index contributed by atoms with van der Waals surface area (Å²) in [6, 6.07) is 121. The number of para-hydroxylation sites is 6. The van der Waals surface area contributed by atoms with Crippen LogP contribution >= 0.6 is 0 Å². The van der Waals surface area contributed by atoms with Gasteiger partial charge in [0.1, 0.15) is 0 Å². The van der Waals surface area contributed by atoms with Gasteiger partial charge < -0.3 is 18.3 Å². The molecule has 5 heterocycles. The van der Waals surface area contributed by atoms with Crippen LogP contribution in [-0.4, -0.2) is 28.2 Å². The summed E-state index contributed by atoms with van der Waals surface area (Å²) in [5, 5.41) is 12.8. The third-order valence-electron chi connectivity index (χ3n) is 21.5. The van der Waals surface area contributed by atoms with E-state index in [1.54, 1.807) is 0 Å². The van der Waals surface area contributed by atoms with Crippen molar-refractivity contribution >= 4 is 109 Å². The van der Waals surface area contributed by atoms with Gasteiger partial charge in [-0.25, -0.2) is 9.97 Å². The van der Waals surface area contributed by atoms with Crippen LogP contribution in [0.25, 0.3) is 188 Å². The Hall–Kier alpha value is -12.9. The Labute approximate surface area is 570 Å². The second-order valence-corrected chi connectivity index (χ2v) is 27.3. The second kappa shape index (κ2) is 21.0. The average molecular weight is 1260 g/mol. The maximum Gasteiger partial charge on any atom is 0.160 e. The Balaban J connectivity index is 0.789. The Bertz CT molecular complexity index is 6520. The molecule has 21 rings (SSSR count). The minimum atomic E-state index is -0.140. The van der Waals surface area contributed by atoms with Gasteiger partial charge in [-0.1, -0.05) is 214 Å². The van der Waals surface area contributed by atoms with E-state index in [2.05, 4.69) is 360 Å². The summed E-state index contributed by atoms with van der Waals surface area (Å²) in [6.45, 7) is 4.69. The van der Waals surface area contributed by atoms with Gasteiger partial charge in [0.2, 0.25) is 0 Å². The highest BCUT2D eigenvalue weighted by atomic mass is 15.0. The highest BCUT2D eigenvalue weighted by Crippen LogP contribution is 2.51. The van der Waals surface area contributed by atoms with E-state index in [0.29, 0.717) is 5.82 Å². The molecule has 0 spiro atoms. The van der Waals surface area contributed by atoms with Crippen LogP contribution in [0, 0.1) is 0 Å². The Morgan fingerprint density at radius 2 is 0.616 bits per heavy atom. The normalized spacial score (nSPS) is 12.8. The van der Waals surface area contributed by atoms with Crippen LogP contribution in [0.3, 0.4) is 0 Å². The zero-order valence-electron chi connectivity index (χ0n) is 54.4. The predicted octanol–water partition coefficient (Wildman–Crippen LogP) is 24.1. The first-order valence-corrected chi connectivity index (χ1v) is 34.2. The minimum absolute atomic E-state index is 0.140. The molecule has 0 bridgehead atoms. The van der Waals surface area contributed by atoms with Gasteiger partial charge in [0.05, 0.1) is 55.3 Å². The lowest BCUT2D eigenvalue weighted by Gasteiger charge is -2.21. The van der Waals surface area contributed by atoms with Crippen LogP contribution in [0.2, 0.25) is 0 Å². The quantitative estimate of drug-likeness (QED) is 0.142. The first kappa shape index (κ1) is 55.4. The molecule has 6 nitrogen and oxygen atoms in total. The molecule has 1 aliphatic carbocycles. The van der Waals surface area contributed by atoms with Crippen LogP contribution in [0.1, 0.15) is 25.0 Å². The van der Waals surface area contributed by atoms with Crippen molar-refractivity contribution in [3.63, 3.8) is 0 Å². The van der Waals surface area contributed by atoms with Gasteiger partial charge >= 0.3 is 0 Å². The van der Waals surface area contributed by atoms with Gasteiger partial charge in [-0.05, 0) is 177 Å². The molecular formula is C93H60N6. The van der Waals surface area contributed by atoms with Crippen molar-refractivity contribution in [3.05, 3.63) is 339 Å². The largest absolute Gasteiger partial charge is 0.309 e. The number of hydrogen-bond donors (Lipinski definition) is 0. The maximum atomic E-state index is 5.84. The zero-order valence-corrected chi connectivity index (χ0v) is 54.4. The number of nitrogens with zero attached hydrogens (tertiary/aromatic N) is 6. The van der Waals surface area contributed by atoms with Crippen molar-refractivity contribution in [1.82, 2.24) is 28.2 Å². The van der Waals surface area contributed by atoms with Gasteiger partial charge in [-0.2, -0.15) is 0 Å². The molecule has 99 heavy (non-hydrogen) atoms. The van der Waals surface area contributed by atoms with Crippen LogP contribution < -0.4 is 0 Å². The third kappa shape index (κ3) is 8.24. The fourth-order valence-electron chi connectivity index (χ4n) is 16.9. The topological polar surface area (TPSA) is 45.5 Å². The summed E-state index contributed by atoms with van der Waals surface area (Å²) in [7, 11) is 0. The standard InChI is InChI=1S/C93H60N6/c1-93(2)80-32-16-11-27-69(80)75-55-62(38-44-81(75)93)90-74-43-37-57-21-9-10-26-68(57)91(74)95-92(94-90)63-49-66(98-84-35-19-14-30-72(84)78-53-60(41-47-88(78)98)58-39-45-86-76(51-58)70-28-12-17-33-82(70)96(86)64-22-5-3-6-23-64)56-67(50-63)99-85-36-20-15-31-73(85)79-54-61(42-48-89(79)99)59-40-46-87-77(52-59)71-29-13-18-34-83(71)97(87)65-24-7-4-8-25-65/h3-56H,1-2H3. The number of aromatic nitrogens is 6. The van der Waals surface area contributed by atoms with E-state index in [9.17, 15) is 0 Å². The van der Waals surface area contributed by atoms with Crippen molar-refractivity contribution in [1.29, 1.82) is 0 Å². The Morgan fingerprint density at radius 3 is 1.10 bits per heavy atom. The van der Waals surface area contributed by atoms with Crippen molar-refractivity contribution in [3.8, 4) is 78.8 Å². The third-order valence-corrected chi connectivity index (χ3v) is 21.5. The molecule has 0 unspecified atom stereocenters. The molecule has 0 amide bonds. The van der Waals surface area contributed by atoms with E-state index in [0.717, 1.165) is 94.4 Å². The molecule has 15 aromatic carbocycles. The highest BCUT2D eigenvalue weighted by Gasteiger charge is 2.35. The summed E-state index contributed by atoms with van der Waals surface area (Å²) < 4.78 is 9.70. The van der Waals surface area contributed by atoms with E-state index in [1.165, 1.54) is 98.5 Å². The minimum Gasteiger partial charge on any atom is -0.309 e. The molecule has 0 aliphatic heterocycles. The van der Waals surface area contributed by atoms with Gasteiger partial charge in [-0.3, -0.25) is 0 Å². The molecule has 1 aliphatic rings. The Kier molecular flexibility index (Phi) is 11.8. The molecule has 0 saturated carbocycles. The SMILES string of the molecule is CC1(C)c2ccccc2-c2cc(-c3nc(-c4cc(-n5c6ccccc6c6cc(-c7ccc8c(c7)c7ccccc7n8-c7ccccc7)ccc65)cc(-n5c6ccccc6c6cc(-c7ccc8c(c7)c7ccccc7n8-c7ccccc7)ccc65)c4)nc4c3ccc3ccccc34)ccc21. The zero-order chi connectivity index (χ0) is 65.2. The van der Waals surface area contributed by atoms with E-state index in [-0.39, 0.29) is 5.41 Å². The monoisotopic (exact) mass is 1260 g/mol. The molecule has 0 N–H and O–H groups in total. The van der Waals surface area contributed by atoms with Gasteiger partial charge in [0.25, 0.3) is 0 Å². The summed E-state index contributed by atoms with van der Waals surface area (Å²) in [5.74, 6) is 0.650. The second-order valence-electron chi connectivity index (χ2n) is 27.3. The van der Waals surface area contributed by atoms with Crippen molar-refractivity contribution in [2.45, 2.75) is 19.3 Å². The number of fused-ring (bicyclic) bond motifs is 18. The molecule has 6 heteroatoms. The molecule has 5 aromatic heterocycles. The van der Waals surface area contributed by atoms with E-state index >= 15 is 0 Å². The van der Waals surface area contributed by atoms with Crippen molar-refractivity contribution in [2.75, 3.05) is 0 Å². The number of hydrogen-bond acceptors (Lipinski definition) is 2.